The maximum Gasteiger partial charge on any atom is 0.239 e. The predicted octanol–water partition coefficient (Wildman–Crippen LogP) is 1.02. The number of carbonyl (C=O) groups is 1. The number of ether oxygens (including phenoxy) is 1. The second-order valence-electron chi connectivity index (χ2n) is 5.48. The Balaban J connectivity index is 1.66. The van der Waals surface area contributed by atoms with Crippen LogP contribution >= 0.6 is 0 Å². The van der Waals surface area contributed by atoms with E-state index in [9.17, 15) is 4.79 Å². The van der Waals surface area contributed by atoms with Crippen molar-refractivity contribution in [1.82, 2.24) is 10.4 Å². The summed E-state index contributed by atoms with van der Waals surface area (Å²) in [6, 6.07) is 8.34. The number of carbonyl (C=O) groups excluding carboxylic acids is 1. The number of amides is 1. The van der Waals surface area contributed by atoms with Gasteiger partial charge in [0, 0.05) is 24.8 Å². The van der Waals surface area contributed by atoms with Crippen LogP contribution in [0.1, 0.15) is 12.5 Å². The van der Waals surface area contributed by atoms with Gasteiger partial charge in [-0.05, 0) is 25.0 Å². The lowest BCUT2D eigenvalue weighted by molar-refractivity contribution is -0.132. The van der Waals surface area contributed by atoms with Crippen LogP contribution in [0.15, 0.2) is 24.3 Å². The summed E-state index contributed by atoms with van der Waals surface area (Å²) < 4.78 is 5.29. The van der Waals surface area contributed by atoms with Gasteiger partial charge >= 0.3 is 0 Å². The van der Waals surface area contributed by atoms with Gasteiger partial charge in [0.2, 0.25) is 5.91 Å². The quantitative estimate of drug-likeness (QED) is 0.846. The summed E-state index contributed by atoms with van der Waals surface area (Å²) in [6.07, 6.45) is 0.792. The van der Waals surface area contributed by atoms with E-state index < -0.39 is 0 Å². The molecule has 2 unspecified atom stereocenters. The Bertz CT molecular complexity index is 486. The Morgan fingerprint density at radius 3 is 2.90 bits per heavy atom. The molecule has 3 rings (SSSR count). The van der Waals surface area contributed by atoms with Crippen molar-refractivity contribution in [2.75, 3.05) is 31.6 Å². The Labute approximate surface area is 119 Å². The maximum absolute atomic E-state index is 12.5. The van der Waals surface area contributed by atoms with E-state index in [2.05, 4.69) is 29.8 Å². The molecule has 5 nitrogen and oxygen atoms in total. The molecule has 1 saturated heterocycles. The van der Waals surface area contributed by atoms with E-state index in [-0.39, 0.29) is 17.9 Å². The van der Waals surface area contributed by atoms with Crippen LogP contribution in [0.3, 0.4) is 0 Å². The summed E-state index contributed by atoms with van der Waals surface area (Å²) in [5.41, 5.74) is 5.39. The summed E-state index contributed by atoms with van der Waals surface area (Å²) in [4.78, 5) is 12.5. The Morgan fingerprint density at radius 2 is 2.10 bits per heavy atom. The molecule has 0 bridgehead atoms. The number of hydrazine groups is 1. The lowest BCUT2D eigenvalue weighted by Gasteiger charge is -2.34. The zero-order valence-corrected chi connectivity index (χ0v) is 11.8. The Kier molecular flexibility index (Phi) is 3.89. The minimum Gasteiger partial charge on any atom is -0.382 e. The van der Waals surface area contributed by atoms with Gasteiger partial charge in [-0.1, -0.05) is 18.2 Å². The van der Waals surface area contributed by atoms with Crippen LogP contribution in [0.25, 0.3) is 0 Å². The molecule has 2 N–H and O–H groups in total. The lowest BCUT2D eigenvalue weighted by atomic mass is 9.87. The van der Waals surface area contributed by atoms with Crippen LogP contribution in [0.2, 0.25) is 0 Å². The molecule has 2 heterocycles. The van der Waals surface area contributed by atoms with Gasteiger partial charge in [-0.15, -0.1) is 0 Å². The van der Waals surface area contributed by atoms with Crippen molar-refractivity contribution in [2.45, 2.75) is 19.4 Å². The summed E-state index contributed by atoms with van der Waals surface area (Å²) in [7, 11) is 0. The molecule has 2 aliphatic rings. The van der Waals surface area contributed by atoms with Crippen LogP contribution < -0.4 is 10.7 Å². The fraction of sp³-hybridized carbons (Fsp3) is 0.533. The van der Waals surface area contributed by atoms with Gasteiger partial charge in [0.1, 0.15) is 0 Å². The summed E-state index contributed by atoms with van der Waals surface area (Å²) in [6.45, 7) is 4.95. The lowest BCUT2D eigenvalue weighted by Crippen LogP contribution is -2.53. The zero-order valence-electron chi connectivity index (χ0n) is 11.8. The molecule has 1 fully saturated rings. The molecule has 2 atom stereocenters. The van der Waals surface area contributed by atoms with Gasteiger partial charge < -0.3 is 10.1 Å². The van der Waals surface area contributed by atoms with Crippen molar-refractivity contribution in [3.8, 4) is 0 Å². The number of morpholine rings is 1. The molecule has 1 aromatic carbocycles. The third-order valence-electron chi connectivity index (χ3n) is 4.06. The van der Waals surface area contributed by atoms with Crippen molar-refractivity contribution in [3.05, 3.63) is 29.8 Å². The monoisotopic (exact) mass is 275 g/mol. The second-order valence-corrected chi connectivity index (χ2v) is 5.48. The number of nitrogens with one attached hydrogen (secondary N) is 2. The first kappa shape index (κ1) is 13.4. The van der Waals surface area contributed by atoms with Crippen molar-refractivity contribution < 1.29 is 9.53 Å². The number of fused-ring (bicyclic) bond motifs is 1. The number of anilines is 1. The molecular formula is C15H21N3O2. The smallest absolute Gasteiger partial charge is 0.239 e. The molecule has 108 valence electrons. The number of hydrogen-bond donors (Lipinski definition) is 2. The highest BCUT2D eigenvalue weighted by molar-refractivity contribution is 5.81. The standard InChI is InChI=1S/C15H21N3O2/c1-11-13(10-12-4-2-3-5-14(12)16-11)15(19)17-18-6-8-20-9-7-18/h2-5,11,13,16H,6-10H2,1H3,(H,17,19). The van der Waals surface area contributed by atoms with E-state index in [1.807, 2.05) is 17.1 Å². The minimum absolute atomic E-state index is 0.0345. The molecule has 0 aliphatic carbocycles. The van der Waals surface area contributed by atoms with Crippen LogP contribution in [0.5, 0.6) is 0 Å². The average Bonchev–Trinajstić information content (AvgIpc) is 2.47. The van der Waals surface area contributed by atoms with E-state index in [0.29, 0.717) is 13.2 Å². The van der Waals surface area contributed by atoms with Crippen molar-refractivity contribution in [1.29, 1.82) is 0 Å². The number of benzene rings is 1. The number of para-hydroxylation sites is 1. The molecular weight excluding hydrogens is 254 g/mol. The number of hydrogen-bond acceptors (Lipinski definition) is 4. The van der Waals surface area contributed by atoms with E-state index in [1.54, 1.807) is 0 Å². The van der Waals surface area contributed by atoms with Gasteiger partial charge in [-0.25, -0.2) is 5.01 Å². The first-order chi connectivity index (χ1) is 9.74. The average molecular weight is 275 g/mol. The van der Waals surface area contributed by atoms with Gasteiger partial charge in [0.05, 0.1) is 19.1 Å². The normalized spacial score (nSPS) is 26.4. The fourth-order valence-electron chi connectivity index (χ4n) is 2.83. The topological polar surface area (TPSA) is 53.6 Å². The molecule has 20 heavy (non-hydrogen) atoms. The largest absolute Gasteiger partial charge is 0.382 e. The molecule has 0 spiro atoms. The van der Waals surface area contributed by atoms with Crippen LogP contribution in [-0.4, -0.2) is 43.3 Å². The minimum atomic E-state index is -0.0345. The van der Waals surface area contributed by atoms with Crippen LogP contribution in [0.4, 0.5) is 5.69 Å². The summed E-state index contributed by atoms with van der Waals surface area (Å²) >= 11 is 0. The molecule has 0 radical (unpaired) electrons. The third-order valence-corrected chi connectivity index (χ3v) is 4.06. The van der Waals surface area contributed by atoms with Crippen molar-refractivity contribution in [3.63, 3.8) is 0 Å². The molecule has 0 saturated carbocycles. The number of nitrogens with zero attached hydrogens (tertiary/aromatic N) is 1. The maximum atomic E-state index is 12.5. The second kappa shape index (κ2) is 5.81. The molecule has 2 aliphatic heterocycles. The molecule has 1 amide bonds. The highest BCUT2D eigenvalue weighted by atomic mass is 16.5. The number of rotatable bonds is 2. The fourth-order valence-corrected chi connectivity index (χ4v) is 2.83. The first-order valence-electron chi connectivity index (χ1n) is 7.21. The van der Waals surface area contributed by atoms with Crippen molar-refractivity contribution in [2.24, 2.45) is 5.92 Å². The van der Waals surface area contributed by atoms with Crippen LogP contribution in [0, 0.1) is 5.92 Å². The third kappa shape index (κ3) is 2.78. The first-order valence-corrected chi connectivity index (χ1v) is 7.21. The van der Waals surface area contributed by atoms with Crippen molar-refractivity contribution >= 4 is 11.6 Å². The summed E-state index contributed by atoms with van der Waals surface area (Å²) in [5, 5.41) is 5.38. The van der Waals surface area contributed by atoms with E-state index in [0.717, 1.165) is 25.2 Å². The highest BCUT2D eigenvalue weighted by Gasteiger charge is 2.31. The van der Waals surface area contributed by atoms with E-state index in [4.69, 9.17) is 4.74 Å². The highest BCUT2D eigenvalue weighted by Crippen LogP contribution is 2.28. The Hall–Kier alpha value is -1.59. The van der Waals surface area contributed by atoms with Gasteiger partial charge in [-0.3, -0.25) is 10.2 Å². The van der Waals surface area contributed by atoms with E-state index >= 15 is 0 Å². The summed E-state index contributed by atoms with van der Waals surface area (Å²) in [5.74, 6) is 0.0640. The predicted molar refractivity (Wildman–Crippen MR) is 77.3 cm³/mol. The molecule has 5 heteroatoms. The molecule has 1 aromatic rings. The van der Waals surface area contributed by atoms with E-state index in [1.165, 1.54) is 5.56 Å². The molecule has 0 aromatic heterocycles. The Morgan fingerprint density at radius 1 is 1.35 bits per heavy atom. The SMILES string of the molecule is CC1Nc2ccccc2CC1C(=O)NN1CCOCC1. The van der Waals surface area contributed by atoms with Gasteiger partial charge in [-0.2, -0.15) is 0 Å². The zero-order chi connectivity index (χ0) is 13.9. The van der Waals surface area contributed by atoms with Gasteiger partial charge in [0.15, 0.2) is 0 Å². The van der Waals surface area contributed by atoms with Gasteiger partial charge in [0.25, 0.3) is 0 Å². The van der Waals surface area contributed by atoms with Crippen LogP contribution in [-0.2, 0) is 16.0 Å².